The number of hydrogen-bond acceptors (Lipinski definition) is 6. The molecule has 6 heteroatoms. The summed E-state index contributed by atoms with van der Waals surface area (Å²) in [6, 6.07) is 0. The molecule has 0 aliphatic heterocycles. The lowest BCUT2D eigenvalue weighted by molar-refractivity contribution is -0.167. The van der Waals surface area contributed by atoms with E-state index in [1.165, 1.54) is 109 Å². The van der Waals surface area contributed by atoms with Crippen LogP contribution in [0.1, 0.15) is 252 Å². The van der Waals surface area contributed by atoms with Crippen molar-refractivity contribution in [1.82, 2.24) is 0 Å². The molecule has 6 nitrogen and oxygen atoms in total. The summed E-state index contributed by atoms with van der Waals surface area (Å²) >= 11 is 0. The van der Waals surface area contributed by atoms with Crippen LogP contribution >= 0.6 is 0 Å². The lowest BCUT2D eigenvalue weighted by Gasteiger charge is -2.18. The average Bonchev–Trinajstić information content (AvgIpc) is 3.30. The van der Waals surface area contributed by atoms with Gasteiger partial charge in [0.25, 0.3) is 0 Å². The zero-order valence-electron chi connectivity index (χ0n) is 42.5. The SMILES string of the molecule is CC\C=C/C=C\C=C/CCCCCCCCCC(=O)OCC(COC(=O)CCCCC/C=C\C/C=C\C/C=C\C/C=C\CC)OC(=O)CCCCCCCCCCCCCCCCCC. The van der Waals surface area contributed by atoms with E-state index < -0.39 is 6.10 Å². The van der Waals surface area contributed by atoms with Gasteiger partial charge in [0.1, 0.15) is 13.2 Å². The molecule has 0 rings (SSSR count). The topological polar surface area (TPSA) is 78.9 Å². The third kappa shape index (κ3) is 51.4. The molecule has 0 fully saturated rings. The minimum atomic E-state index is -0.793. The molecular weight excluding hydrogens is 805 g/mol. The second-order valence-electron chi connectivity index (χ2n) is 17.8. The number of allylic oxidation sites excluding steroid dienone is 14. The first-order chi connectivity index (χ1) is 32.0. The standard InChI is InChI=1S/C59H100O6/c1-4-7-10-13-16-19-22-25-28-31-34-37-40-43-46-49-52-58(61)64-55-56(54-63-57(60)51-48-45-42-39-36-33-30-27-24-21-18-15-12-9-6-3)65-59(62)53-50-47-44-41-38-35-32-29-26-23-20-17-14-11-8-5-2/h7,9-10,12,15-16,18-19,21,24-25,28,34,37,56H,4-6,8,11,13-14,17,20,22-23,26-27,29-33,35-36,38-55H2,1-3H3/b10-7-,12-9-,18-15-,19-16-,24-21-,28-25-,37-34-. The molecular formula is C59H100O6. The highest BCUT2D eigenvalue weighted by molar-refractivity contribution is 5.71. The zero-order chi connectivity index (χ0) is 47.2. The fourth-order valence-corrected chi connectivity index (χ4v) is 7.43. The number of unbranched alkanes of at least 4 members (excludes halogenated alkanes) is 25. The van der Waals surface area contributed by atoms with Gasteiger partial charge < -0.3 is 14.2 Å². The molecule has 0 spiro atoms. The van der Waals surface area contributed by atoms with Crippen molar-refractivity contribution in [3.63, 3.8) is 0 Å². The second kappa shape index (κ2) is 53.2. The van der Waals surface area contributed by atoms with Crippen molar-refractivity contribution in [3.05, 3.63) is 85.1 Å². The van der Waals surface area contributed by atoms with Gasteiger partial charge in [0.2, 0.25) is 0 Å². The van der Waals surface area contributed by atoms with Gasteiger partial charge in [-0.3, -0.25) is 14.4 Å². The predicted octanol–water partition coefficient (Wildman–Crippen LogP) is 18.0. The molecule has 0 N–H and O–H groups in total. The van der Waals surface area contributed by atoms with E-state index in [1.807, 2.05) is 0 Å². The van der Waals surface area contributed by atoms with Crippen LogP contribution in [0.25, 0.3) is 0 Å². The van der Waals surface area contributed by atoms with Gasteiger partial charge in [0.05, 0.1) is 0 Å². The maximum absolute atomic E-state index is 12.8. The maximum atomic E-state index is 12.8. The van der Waals surface area contributed by atoms with E-state index in [-0.39, 0.29) is 31.1 Å². The van der Waals surface area contributed by atoms with Gasteiger partial charge in [0, 0.05) is 19.3 Å². The maximum Gasteiger partial charge on any atom is 0.306 e. The first-order valence-corrected chi connectivity index (χ1v) is 27.1. The smallest absolute Gasteiger partial charge is 0.306 e. The normalized spacial score (nSPS) is 12.7. The summed E-state index contributed by atoms with van der Waals surface area (Å²) in [5.41, 5.74) is 0. The number of carbonyl (C=O) groups is 3. The second-order valence-corrected chi connectivity index (χ2v) is 17.8. The summed E-state index contributed by atoms with van der Waals surface area (Å²) in [5, 5.41) is 0. The minimum Gasteiger partial charge on any atom is -0.462 e. The Hall–Kier alpha value is -3.41. The highest BCUT2D eigenvalue weighted by Crippen LogP contribution is 2.16. The van der Waals surface area contributed by atoms with Crippen LogP contribution in [0.3, 0.4) is 0 Å². The van der Waals surface area contributed by atoms with Crippen molar-refractivity contribution in [3.8, 4) is 0 Å². The molecule has 0 heterocycles. The summed E-state index contributed by atoms with van der Waals surface area (Å²) in [7, 11) is 0. The molecule has 0 amide bonds. The van der Waals surface area contributed by atoms with Crippen molar-refractivity contribution in [1.29, 1.82) is 0 Å². The Bertz CT molecular complexity index is 1270. The van der Waals surface area contributed by atoms with Gasteiger partial charge in [-0.25, -0.2) is 0 Å². The third-order valence-corrected chi connectivity index (χ3v) is 11.5. The highest BCUT2D eigenvalue weighted by atomic mass is 16.6. The van der Waals surface area contributed by atoms with Crippen molar-refractivity contribution in [2.24, 2.45) is 0 Å². The molecule has 0 aliphatic rings. The van der Waals surface area contributed by atoms with Crippen LogP contribution in [0.4, 0.5) is 0 Å². The van der Waals surface area contributed by atoms with Crippen LogP contribution < -0.4 is 0 Å². The fourth-order valence-electron chi connectivity index (χ4n) is 7.43. The summed E-state index contributed by atoms with van der Waals surface area (Å²) in [5.74, 6) is -0.930. The Balaban J connectivity index is 4.44. The van der Waals surface area contributed by atoms with E-state index in [1.54, 1.807) is 0 Å². The van der Waals surface area contributed by atoms with Gasteiger partial charge in [-0.2, -0.15) is 0 Å². The number of rotatable bonds is 48. The van der Waals surface area contributed by atoms with Crippen molar-refractivity contribution >= 4 is 17.9 Å². The zero-order valence-corrected chi connectivity index (χ0v) is 42.5. The number of esters is 3. The Morgan fingerprint density at radius 3 is 1.12 bits per heavy atom. The molecule has 0 saturated carbocycles. The lowest BCUT2D eigenvalue weighted by atomic mass is 10.0. The Labute approximate surface area is 401 Å². The molecule has 65 heavy (non-hydrogen) atoms. The van der Waals surface area contributed by atoms with Gasteiger partial charge in [-0.05, 0) is 77.0 Å². The molecule has 0 radical (unpaired) electrons. The summed E-state index contributed by atoms with van der Waals surface area (Å²) in [4.78, 5) is 38.1. The highest BCUT2D eigenvalue weighted by Gasteiger charge is 2.19. The van der Waals surface area contributed by atoms with Crippen LogP contribution in [-0.4, -0.2) is 37.2 Å². The monoisotopic (exact) mass is 905 g/mol. The van der Waals surface area contributed by atoms with Crippen LogP contribution in [0.5, 0.6) is 0 Å². The van der Waals surface area contributed by atoms with E-state index in [2.05, 4.69) is 106 Å². The Morgan fingerprint density at radius 2 is 0.677 bits per heavy atom. The third-order valence-electron chi connectivity index (χ3n) is 11.5. The molecule has 0 saturated heterocycles. The Kier molecular flexibility index (Phi) is 50.4. The largest absolute Gasteiger partial charge is 0.462 e. The Morgan fingerprint density at radius 1 is 0.338 bits per heavy atom. The average molecular weight is 905 g/mol. The van der Waals surface area contributed by atoms with Crippen LogP contribution in [0.15, 0.2) is 85.1 Å². The molecule has 0 aliphatic carbocycles. The summed E-state index contributed by atoms with van der Waals surface area (Å²) in [6.45, 7) is 6.37. The van der Waals surface area contributed by atoms with E-state index in [0.29, 0.717) is 19.3 Å². The van der Waals surface area contributed by atoms with E-state index >= 15 is 0 Å². The summed E-state index contributed by atoms with van der Waals surface area (Å²) < 4.78 is 16.8. The first kappa shape index (κ1) is 61.6. The van der Waals surface area contributed by atoms with Gasteiger partial charge in [-0.15, -0.1) is 0 Å². The molecule has 0 aromatic heterocycles. The molecule has 0 bridgehead atoms. The molecule has 0 aromatic rings. The molecule has 372 valence electrons. The van der Waals surface area contributed by atoms with Crippen LogP contribution in [0.2, 0.25) is 0 Å². The van der Waals surface area contributed by atoms with Gasteiger partial charge in [-0.1, -0.05) is 241 Å². The van der Waals surface area contributed by atoms with Crippen LogP contribution in [-0.2, 0) is 28.6 Å². The molecule has 1 unspecified atom stereocenters. The first-order valence-electron chi connectivity index (χ1n) is 27.1. The van der Waals surface area contributed by atoms with Crippen LogP contribution in [0, 0.1) is 0 Å². The molecule has 1 atom stereocenters. The lowest BCUT2D eigenvalue weighted by Crippen LogP contribution is -2.30. The summed E-state index contributed by atoms with van der Waals surface area (Å²) in [6.07, 6.45) is 68.5. The predicted molar refractivity (Wildman–Crippen MR) is 279 cm³/mol. The number of ether oxygens (including phenoxy) is 3. The van der Waals surface area contributed by atoms with E-state index in [0.717, 1.165) is 103 Å². The van der Waals surface area contributed by atoms with E-state index in [9.17, 15) is 14.4 Å². The fraction of sp³-hybridized carbons (Fsp3) is 0.712. The number of hydrogen-bond donors (Lipinski definition) is 0. The molecule has 0 aromatic carbocycles. The quantitative estimate of drug-likeness (QED) is 0.0199. The minimum absolute atomic E-state index is 0.0919. The van der Waals surface area contributed by atoms with Crippen molar-refractivity contribution in [2.75, 3.05) is 13.2 Å². The van der Waals surface area contributed by atoms with E-state index in [4.69, 9.17) is 14.2 Å². The van der Waals surface area contributed by atoms with Crippen molar-refractivity contribution in [2.45, 2.75) is 258 Å². The van der Waals surface area contributed by atoms with Crippen molar-refractivity contribution < 1.29 is 28.6 Å². The van der Waals surface area contributed by atoms with Gasteiger partial charge >= 0.3 is 17.9 Å². The van der Waals surface area contributed by atoms with Gasteiger partial charge in [0.15, 0.2) is 6.10 Å². The number of carbonyl (C=O) groups excluding carboxylic acids is 3.